The molecule has 0 atom stereocenters. The van der Waals surface area contributed by atoms with Gasteiger partial charge in [-0.1, -0.05) is 13.8 Å². The quantitative estimate of drug-likeness (QED) is 0.705. The Hall–Kier alpha value is -1.25. The van der Waals surface area contributed by atoms with Crippen LogP contribution in [0.3, 0.4) is 0 Å². The number of rotatable bonds is 2. The number of methoxy groups -OCH3 is 2. The highest BCUT2D eigenvalue weighted by atomic mass is 16.5. The Kier molecular flexibility index (Phi) is 5.68. The minimum atomic E-state index is 0.576. The van der Waals surface area contributed by atoms with Crippen molar-refractivity contribution in [2.45, 2.75) is 20.8 Å². The van der Waals surface area contributed by atoms with E-state index in [1.807, 2.05) is 26.8 Å². The third-order valence-corrected chi connectivity index (χ3v) is 1.43. The summed E-state index contributed by atoms with van der Waals surface area (Å²) in [6, 6.07) is 3.71. The molecule has 1 rings (SSSR count). The van der Waals surface area contributed by atoms with Crippen LogP contribution in [0.1, 0.15) is 19.4 Å². The van der Waals surface area contributed by atoms with Crippen molar-refractivity contribution in [3.8, 4) is 11.8 Å². The standard InChI is InChI=1S/C8H11NO2.C2H6/c1-6-4-5-7(10-2)9-8(6)11-3;1-2/h4-5H,1-3H3;1-2H3. The first-order chi connectivity index (χ1) is 6.27. The van der Waals surface area contributed by atoms with Crippen molar-refractivity contribution in [3.05, 3.63) is 17.7 Å². The molecule has 0 radical (unpaired) electrons. The van der Waals surface area contributed by atoms with Crippen molar-refractivity contribution < 1.29 is 9.47 Å². The van der Waals surface area contributed by atoms with Crippen LogP contribution in [0.25, 0.3) is 0 Å². The molecule has 3 heteroatoms. The van der Waals surface area contributed by atoms with Crippen LogP contribution in [0, 0.1) is 6.92 Å². The van der Waals surface area contributed by atoms with Crippen LogP contribution in [-0.2, 0) is 0 Å². The Bertz CT molecular complexity index is 249. The summed E-state index contributed by atoms with van der Waals surface area (Å²) in [4.78, 5) is 4.06. The van der Waals surface area contributed by atoms with E-state index in [1.54, 1.807) is 20.3 Å². The molecule has 0 aromatic carbocycles. The van der Waals surface area contributed by atoms with Gasteiger partial charge in [-0.05, 0) is 13.0 Å². The van der Waals surface area contributed by atoms with E-state index in [0.717, 1.165) is 5.56 Å². The third-order valence-electron chi connectivity index (χ3n) is 1.43. The SMILES string of the molecule is CC.COc1ccc(C)c(OC)n1. The maximum atomic E-state index is 5.00. The number of pyridine rings is 1. The highest BCUT2D eigenvalue weighted by molar-refractivity contribution is 5.28. The zero-order valence-electron chi connectivity index (χ0n) is 8.92. The summed E-state index contributed by atoms with van der Waals surface area (Å²) in [5, 5.41) is 0. The van der Waals surface area contributed by atoms with Gasteiger partial charge in [-0.25, -0.2) is 0 Å². The van der Waals surface area contributed by atoms with E-state index < -0.39 is 0 Å². The Morgan fingerprint density at radius 1 is 1.08 bits per heavy atom. The van der Waals surface area contributed by atoms with Crippen LogP contribution in [-0.4, -0.2) is 19.2 Å². The van der Waals surface area contributed by atoms with Gasteiger partial charge < -0.3 is 9.47 Å². The van der Waals surface area contributed by atoms with Gasteiger partial charge in [0.1, 0.15) is 0 Å². The topological polar surface area (TPSA) is 31.4 Å². The van der Waals surface area contributed by atoms with E-state index >= 15 is 0 Å². The molecular weight excluding hydrogens is 166 g/mol. The molecule has 0 N–H and O–H groups in total. The molecule has 0 aliphatic heterocycles. The first-order valence-electron chi connectivity index (χ1n) is 4.33. The monoisotopic (exact) mass is 183 g/mol. The van der Waals surface area contributed by atoms with Crippen molar-refractivity contribution in [2.75, 3.05) is 14.2 Å². The highest BCUT2D eigenvalue weighted by Gasteiger charge is 2.00. The minimum absolute atomic E-state index is 0.576. The Morgan fingerprint density at radius 3 is 2.15 bits per heavy atom. The summed E-state index contributed by atoms with van der Waals surface area (Å²) < 4.78 is 9.92. The van der Waals surface area contributed by atoms with Gasteiger partial charge in [-0.3, -0.25) is 0 Å². The molecule has 13 heavy (non-hydrogen) atoms. The summed E-state index contributed by atoms with van der Waals surface area (Å²) in [6.45, 7) is 5.94. The Balaban J connectivity index is 0.000000671. The molecule has 1 aromatic heterocycles. The molecule has 0 bridgehead atoms. The third kappa shape index (κ3) is 3.32. The molecule has 3 nitrogen and oxygen atoms in total. The number of hydrogen-bond donors (Lipinski definition) is 0. The van der Waals surface area contributed by atoms with E-state index in [4.69, 9.17) is 9.47 Å². The normalized spacial score (nSPS) is 8.38. The zero-order valence-corrected chi connectivity index (χ0v) is 8.92. The molecule has 74 valence electrons. The molecule has 0 fully saturated rings. The van der Waals surface area contributed by atoms with E-state index in [0.29, 0.717) is 11.8 Å². The molecule has 0 aliphatic rings. The highest BCUT2D eigenvalue weighted by Crippen LogP contribution is 2.17. The largest absolute Gasteiger partial charge is 0.481 e. The lowest BCUT2D eigenvalue weighted by Crippen LogP contribution is -1.93. The molecule has 0 saturated carbocycles. The molecule has 0 aliphatic carbocycles. The first kappa shape index (κ1) is 11.8. The van der Waals surface area contributed by atoms with Crippen LogP contribution in [0.15, 0.2) is 12.1 Å². The molecule has 0 spiro atoms. The minimum Gasteiger partial charge on any atom is -0.481 e. The summed E-state index contributed by atoms with van der Waals surface area (Å²) >= 11 is 0. The van der Waals surface area contributed by atoms with Gasteiger partial charge in [-0.2, -0.15) is 4.98 Å². The average molecular weight is 183 g/mol. The average Bonchev–Trinajstić information content (AvgIpc) is 2.22. The molecule has 1 aromatic rings. The van der Waals surface area contributed by atoms with Gasteiger partial charge in [0, 0.05) is 11.6 Å². The number of aryl methyl sites for hydroxylation is 1. The lowest BCUT2D eigenvalue weighted by molar-refractivity contribution is 0.362. The van der Waals surface area contributed by atoms with Gasteiger partial charge in [0.25, 0.3) is 0 Å². The number of aromatic nitrogens is 1. The zero-order chi connectivity index (χ0) is 10.3. The van der Waals surface area contributed by atoms with Gasteiger partial charge in [-0.15, -0.1) is 0 Å². The van der Waals surface area contributed by atoms with Gasteiger partial charge >= 0.3 is 0 Å². The summed E-state index contributed by atoms with van der Waals surface area (Å²) in [7, 11) is 3.17. The summed E-state index contributed by atoms with van der Waals surface area (Å²) in [5.74, 6) is 1.19. The second-order valence-corrected chi connectivity index (χ2v) is 2.18. The molecular formula is C10H17NO2. The lowest BCUT2D eigenvalue weighted by atomic mass is 10.3. The van der Waals surface area contributed by atoms with Crippen LogP contribution in [0.5, 0.6) is 11.8 Å². The fourth-order valence-corrected chi connectivity index (χ4v) is 0.813. The lowest BCUT2D eigenvalue weighted by Gasteiger charge is -2.04. The van der Waals surface area contributed by atoms with Crippen molar-refractivity contribution >= 4 is 0 Å². The number of ether oxygens (including phenoxy) is 2. The Morgan fingerprint density at radius 2 is 1.69 bits per heavy atom. The smallest absolute Gasteiger partial charge is 0.219 e. The van der Waals surface area contributed by atoms with E-state index in [-0.39, 0.29) is 0 Å². The van der Waals surface area contributed by atoms with Crippen molar-refractivity contribution in [2.24, 2.45) is 0 Å². The Labute approximate surface area is 79.7 Å². The van der Waals surface area contributed by atoms with Crippen LogP contribution in [0.4, 0.5) is 0 Å². The molecule has 1 heterocycles. The maximum Gasteiger partial charge on any atom is 0.219 e. The van der Waals surface area contributed by atoms with Crippen molar-refractivity contribution in [1.82, 2.24) is 4.98 Å². The van der Waals surface area contributed by atoms with E-state index in [9.17, 15) is 0 Å². The van der Waals surface area contributed by atoms with E-state index in [2.05, 4.69) is 4.98 Å². The molecule has 0 saturated heterocycles. The van der Waals surface area contributed by atoms with Crippen LogP contribution < -0.4 is 9.47 Å². The summed E-state index contributed by atoms with van der Waals surface area (Å²) in [6.07, 6.45) is 0. The van der Waals surface area contributed by atoms with Gasteiger partial charge in [0.05, 0.1) is 14.2 Å². The number of hydrogen-bond acceptors (Lipinski definition) is 3. The van der Waals surface area contributed by atoms with Gasteiger partial charge in [0.2, 0.25) is 11.8 Å². The first-order valence-corrected chi connectivity index (χ1v) is 4.33. The molecule has 0 unspecified atom stereocenters. The second-order valence-electron chi connectivity index (χ2n) is 2.18. The van der Waals surface area contributed by atoms with Crippen LogP contribution in [0.2, 0.25) is 0 Å². The van der Waals surface area contributed by atoms with Crippen molar-refractivity contribution in [3.63, 3.8) is 0 Å². The molecule has 0 amide bonds. The van der Waals surface area contributed by atoms with Crippen LogP contribution >= 0.6 is 0 Å². The maximum absolute atomic E-state index is 5.00. The van der Waals surface area contributed by atoms with Gasteiger partial charge in [0.15, 0.2) is 0 Å². The summed E-state index contributed by atoms with van der Waals surface area (Å²) in [5.41, 5.74) is 1.01. The predicted molar refractivity (Wildman–Crippen MR) is 53.4 cm³/mol. The van der Waals surface area contributed by atoms with E-state index in [1.165, 1.54) is 0 Å². The predicted octanol–water partition coefficient (Wildman–Crippen LogP) is 2.43. The number of nitrogens with zero attached hydrogens (tertiary/aromatic N) is 1. The fourth-order valence-electron chi connectivity index (χ4n) is 0.813. The van der Waals surface area contributed by atoms with Crippen molar-refractivity contribution in [1.29, 1.82) is 0 Å². The second kappa shape index (κ2) is 6.29. The fraction of sp³-hybridized carbons (Fsp3) is 0.500.